The number of nitrogens with one attached hydrogen (secondary N) is 1. The van der Waals surface area contributed by atoms with Crippen molar-refractivity contribution < 1.29 is 28.5 Å². The maximum absolute atomic E-state index is 14.0. The molecule has 0 bridgehead atoms. The summed E-state index contributed by atoms with van der Waals surface area (Å²) in [5, 5.41) is 3.21. The summed E-state index contributed by atoms with van der Waals surface area (Å²) in [6.07, 6.45) is 11.0. The molecule has 37 heavy (non-hydrogen) atoms. The molecule has 10 nitrogen and oxygen atoms in total. The molecule has 2 aliphatic rings. The number of ether oxygens (including phenoxy) is 4. The summed E-state index contributed by atoms with van der Waals surface area (Å²) in [5.74, 6) is 0.538. The lowest BCUT2D eigenvalue weighted by Gasteiger charge is -2.34. The maximum Gasteiger partial charge on any atom is 0.275 e. The van der Waals surface area contributed by atoms with Crippen LogP contribution >= 0.6 is 0 Å². The fourth-order valence-corrected chi connectivity index (χ4v) is 5.13. The normalized spacial score (nSPS) is 18.6. The van der Waals surface area contributed by atoms with Gasteiger partial charge < -0.3 is 29.2 Å². The first-order valence-electron chi connectivity index (χ1n) is 12.8. The third-order valence-corrected chi connectivity index (χ3v) is 6.98. The van der Waals surface area contributed by atoms with Gasteiger partial charge in [-0.2, -0.15) is 0 Å². The van der Waals surface area contributed by atoms with Crippen LogP contribution in [-0.2, 0) is 9.53 Å². The van der Waals surface area contributed by atoms with Crippen LogP contribution in [0.5, 0.6) is 17.2 Å². The fraction of sp³-hybridized carbons (Fsp3) is 0.556. The van der Waals surface area contributed by atoms with E-state index in [1.54, 1.807) is 17.0 Å². The highest BCUT2D eigenvalue weighted by molar-refractivity contribution is 5.96. The van der Waals surface area contributed by atoms with E-state index in [2.05, 4.69) is 15.3 Å². The molecule has 10 heteroatoms. The quantitative estimate of drug-likeness (QED) is 0.516. The first-order valence-corrected chi connectivity index (χ1v) is 12.8. The Bertz CT molecular complexity index is 1030. The summed E-state index contributed by atoms with van der Waals surface area (Å²) < 4.78 is 22.5. The van der Waals surface area contributed by atoms with Gasteiger partial charge in [0.2, 0.25) is 11.7 Å². The second-order valence-corrected chi connectivity index (χ2v) is 9.39. The molecule has 4 rings (SSSR count). The lowest BCUT2D eigenvalue weighted by molar-refractivity contribution is -0.127. The van der Waals surface area contributed by atoms with Gasteiger partial charge in [0.1, 0.15) is 11.7 Å². The number of nitrogens with zero attached hydrogens (tertiary/aromatic N) is 3. The summed E-state index contributed by atoms with van der Waals surface area (Å²) in [4.78, 5) is 37.7. The molecule has 0 radical (unpaired) electrons. The van der Waals surface area contributed by atoms with Crippen LogP contribution < -0.4 is 19.5 Å². The van der Waals surface area contributed by atoms with Gasteiger partial charge in [-0.05, 0) is 43.4 Å². The molecule has 1 aromatic carbocycles. The Hall–Kier alpha value is -3.40. The Morgan fingerprint density at radius 1 is 1.03 bits per heavy atom. The fourth-order valence-electron chi connectivity index (χ4n) is 5.13. The van der Waals surface area contributed by atoms with Crippen molar-refractivity contribution in [1.82, 2.24) is 20.2 Å². The van der Waals surface area contributed by atoms with E-state index in [4.69, 9.17) is 18.9 Å². The van der Waals surface area contributed by atoms with Gasteiger partial charge in [-0.25, -0.2) is 4.98 Å². The van der Waals surface area contributed by atoms with Crippen molar-refractivity contribution in [2.45, 2.75) is 63.1 Å². The predicted octanol–water partition coefficient (Wildman–Crippen LogP) is 3.31. The van der Waals surface area contributed by atoms with Crippen LogP contribution in [0.3, 0.4) is 0 Å². The number of hydrogen-bond acceptors (Lipinski definition) is 8. The monoisotopic (exact) mass is 512 g/mol. The number of carbonyl (C=O) groups is 2. The molecule has 1 aliphatic carbocycles. The van der Waals surface area contributed by atoms with Crippen molar-refractivity contribution in [3.63, 3.8) is 0 Å². The van der Waals surface area contributed by atoms with E-state index in [0.717, 1.165) is 38.5 Å². The van der Waals surface area contributed by atoms with E-state index in [1.807, 2.05) is 0 Å². The third-order valence-electron chi connectivity index (χ3n) is 6.98. The minimum absolute atomic E-state index is 0.0574. The van der Waals surface area contributed by atoms with Crippen molar-refractivity contribution >= 4 is 11.8 Å². The van der Waals surface area contributed by atoms with Gasteiger partial charge in [-0.1, -0.05) is 19.3 Å². The summed E-state index contributed by atoms with van der Waals surface area (Å²) in [5.41, 5.74) is 0.696. The zero-order valence-electron chi connectivity index (χ0n) is 21.8. The Morgan fingerprint density at radius 3 is 2.32 bits per heavy atom. The number of rotatable bonds is 10. The largest absolute Gasteiger partial charge is 0.493 e. The molecule has 200 valence electrons. The Morgan fingerprint density at radius 2 is 1.76 bits per heavy atom. The summed E-state index contributed by atoms with van der Waals surface area (Å²) in [6.45, 7) is 0.857. The van der Waals surface area contributed by atoms with Crippen molar-refractivity contribution in [3.05, 3.63) is 42.0 Å². The van der Waals surface area contributed by atoms with Gasteiger partial charge in [0, 0.05) is 31.6 Å². The van der Waals surface area contributed by atoms with Crippen LogP contribution in [0.1, 0.15) is 67.0 Å². The second-order valence-electron chi connectivity index (χ2n) is 9.39. The molecule has 2 fully saturated rings. The summed E-state index contributed by atoms with van der Waals surface area (Å²) in [6, 6.07) is 2.52. The molecule has 2 atom stereocenters. The lowest BCUT2D eigenvalue weighted by Crippen LogP contribution is -2.49. The zero-order chi connectivity index (χ0) is 26.2. The molecule has 1 aliphatic heterocycles. The highest BCUT2D eigenvalue weighted by Crippen LogP contribution is 2.41. The van der Waals surface area contributed by atoms with E-state index in [-0.39, 0.29) is 30.3 Å². The first kappa shape index (κ1) is 26.7. The number of benzene rings is 1. The van der Waals surface area contributed by atoms with Gasteiger partial charge >= 0.3 is 0 Å². The zero-order valence-corrected chi connectivity index (χ0v) is 21.8. The van der Waals surface area contributed by atoms with E-state index >= 15 is 0 Å². The molecule has 1 saturated heterocycles. The lowest BCUT2D eigenvalue weighted by atomic mass is 9.94. The van der Waals surface area contributed by atoms with Crippen LogP contribution in [0, 0.1) is 0 Å². The topological polar surface area (TPSA) is 112 Å². The van der Waals surface area contributed by atoms with Crippen molar-refractivity contribution in [3.8, 4) is 17.2 Å². The van der Waals surface area contributed by atoms with Crippen LogP contribution in [0.4, 0.5) is 0 Å². The molecule has 2 amide bonds. The molecule has 0 unspecified atom stereocenters. The predicted molar refractivity (Wildman–Crippen MR) is 136 cm³/mol. The van der Waals surface area contributed by atoms with Crippen LogP contribution in [0.15, 0.2) is 30.7 Å². The van der Waals surface area contributed by atoms with E-state index in [0.29, 0.717) is 29.4 Å². The van der Waals surface area contributed by atoms with Crippen LogP contribution in [-0.4, -0.2) is 73.3 Å². The van der Waals surface area contributed by atoms with Crippen molar-refractivity contribution in [2.24, 2.45) is 0 Å². The number of aromatic nitrogens is 2. The number of carbonyl (C=O) groups excluding carboxylic acids is 2. The molecule has 2 heterocycles. The third kappa shape index (κ3) is 6.30. The maximum atomic E-state index is 14.0. The van der Waals surface area contributed by atoms with Crippen LogP contribution in [0.2, 0.25) is 0 Å². The average molecular weight is 513 g/mol. The van der Waals surface area contributed by atoms with Gasteiger partial charge in [0.15, 0.2) is 11.5 Å². The standard InChI is InChI=1S/C27H36N4O6/c1-34-22-14-18(15-23(35-2)25(22)36-3)24(26(32)30-19-8-5-4-6-9-19)31(17-20-10-7-13-37-20)27(33)21-16-28-11-12-29-21/h11-12,14-16,19-20,24H,4-10,13,17H2,1-3H3,(H,30,32)/t20-,24+/m1/s1. The molecule has 2 aromatic rings. The van der Waals surface area contributed by atoms with Gasteiger partial charge in [-0.3, -0.25) is 14.6 Å². The molecule has 0 spiro atoms. The van der Waals surface area contributed by atoms with E-state index in [9.17, 15) is 9.59 Å². The van der Waals surface area contributed by atoms with E-state index in [1.165, 1.54) is 46.3 Å². The second kappa shape index (κ2) is 12.7. The Balaban J connectivity index is 1.79. The summed E-state index contributed by atoms with van der Waals surface area (Å²) in [7, 11) is 4.56. The molecule has 1 aromatic heterocycles. The highest BCUT2D eigenvalue weighted by atomic mass is 16.5. The Labute approximate surface area is 217 Å². The van der Waals surface area contributed by atoms with Gasteiger partial charge in [0.25, 0.3) is 5.91 Å². The smallest absolute Gasteiger partial charge is 0.275 e. The highest BCUT2D eigenvalue weighted by Gasteiger charge is 2.37. The number of methoxy groups -OCH3 is 3. The van der Waals surface area contributed by atoms with Gasteiger partial charge in [-0.15, -0.1) is 0 Å². The van der Waals surface area contributed by atoms with E-state index < -0.39 is 11.9 Å². The first-order chi connectivity index (χ1) is 18.0. The minimum atomic E-state index is -0.977. The Kier molecular flexibility index (Phi) is 9.16. The molecular formula is C27H36N4O6. The van der Waals surface area contributed by atoms with Gasteiger partial charge in [0.05, 0.1) is 33.6 Å². The summed E-state index contributed by atoms with van der Waals surface area (Å²) >= 11 is 0. The molecular weight excluding hydrogens is 476 g/mol. The SMILES string of the molecule is COc1cc([C@@H](C(=O)NC2CCCCC2)N(C[C@H]2CCCO2)C(=O)c2cnccn2)cc(OC)c1OC. The number of amides is 2. The number of hydrogen-bond donors (Lipinski definition) is 1. The minimum Gasteiger partial charge on any atom is -0.493 e. The van der Waals surface area contributed by atoms with Crippen molar-refractivity contribution in [2.75, 3.05) is 34.5 Å². The van der Waals surface area contributed by atoms with Crippen molar-refractivity contribution in [1.29, 1.82) is 0 Å². The average Bonchev–Trinajstić information content (AvgIpc) is 3.46. The molecule has 1 N–H and O–H groups in total. The molecule has 1 saturated carbocycles. The van der Waals surface area contributed by atoms with Crippen LogP contribution in [0.25, 0.3) is 0 Å².